The van der Waals surface area contributed by atoms with Crippen LogP contribution in [0.3, 0.4) is 0 Å². The summed E-state index contributed by atoms with van der Waals surface area (Å²) in [6, 6.07) is 14.6. The van der Waals surface area contributed by atoms with Crippen LogP contribution < -0.4 is 20.4 Å². The van der Waals surface area contributed by atoms with Gasteiger partial charge in [0.25, 0.3) is 11.8 Å². The van der Waals surface area contributed by atoms with Crippen LogP contribution in [0.15, 0.2) is 53.6 Å². The van der Waals surface area contributed by atoms with Crippen molar-refractivity contribution in [1.29, 1.82) is 0 Å². The van der Waals surface area contributed by atoms with Crippen molar-refractivity contribution in [2.75, 3.05) is 32.1 Å². The Morgan fingerprint density at radius 2 is 1.76 bits per heavy atom. The molecule has 0 spiro atoms. The van der Waals surface area contributed by atoms with Gasteiger partial charge in [0.05, 0.1) is 19.4 Å². The Balaban J connectivity index is 1.74. The number of anilines is 1. The molecule has 2 rings (SSSR count). The minimum atomic E-state index is -0.404. The number of benzene rings is 2. The number of hydrazone groups is 1. The first kappa shape index (κ1) is 21.9. The van der Waals surface area contributed by atoms with Gasteiger partial charge in [-0.05, 0) is 48.4 Å². The van der Waals surface area contributed by atoms with E-state index < -0.39 is 5.91 Å². The van der Waals surface area contributed by atoms with Crippen LogP contribution in [0, 0.1) is 0 Å². The van der Waals surface area contributed by atoms with Crippen molar-refractivity contribution in [2.24, 2.45) is 5.10 Å². The van der Waals surface area contributed by atoms with Gasteiger partial charge in [-0.1, -0.05) is 25.5 Å². The van der Waals surface area contributed by atoms with E-state index in [1.807, 2.05) is 43.3 Å². The number of rotatable bonds is 10. The number of amides is 2. The number of ether oxygens (including phenoxy) is 1. The van der Waals surface area contributed by atoms with Crippen LogP contribution in [0.2, 0.25) is 0 Å². The summed E-state index contributed by atoms with van der Waals surface area (Å²) < 4.78 is 5.56. The number of hydrogen-bond acceptors (Lipinski definition) is 5. The second kappa shape index (κ2) is 11.5. The molecular formula is C22H28N4O3. The van der Waals surface area contributed by atoms with Gasteiger partial charge in [-0.25, -0.2) is 5.43 Å². The van der Waals surface area contributed by atoms with Crippen LogP contribution in [0.25, 0.3) is 0 Å². The topological polar surface area (TPSA) is 83.0 Å². The average molecular weight is 396 g/mol. The van der Waals surface area contributed by atoms with Crippen molar-refractivity contribution in [1.82, 2.24) is 10.7 Å². The van der Waals surface area contributed by atoms with E-state index in [2.05, 4.69) is 22.8 Å². The molecule has 2 amide bonds. The summed E-state index contributed by atoms with van der Waals surface area (Å²) in [4.78, 5) is 26.0. The molecule has 7 nitrogen and oxygen atoms in total. The van der Waals surface area contributed by atoms with E-state index in [1.165, 1.54) is 0 Å². The molecule has 0 heterocycles. The van der Waals surface area contributed by atoms with E-state index >= 15 is 0 Å². The molecule has 0 aliphatic carbocycles. The van der Waals surface area contributed by atoms with Crippen LogP contribution in [0.1, 0.15) is 35.7 Å². The number of unbranched alkanes of at least 4 members (excludes halogenated alkanes) is 1. The zero-order chi connectivity index (χ0) is 21.1. The fourth-order valence-electron chi connectivity index (χ4n) is 2.38. The third-order valence-corrected chi connectivity index (χ3v) is 4.10. The molecular weight excluding hydrogens is 368 g/mol. The molecule has 0 saturated carbocycles. The lowest BCUT2D eigenvalue weighted by Gasteiger charge is -2.11. The van der Waals surface area contributed by atoms with Crippen LogP contribution in [-0.2, 0) is 4.79 Å². The molecule has 0 aromatic heterocycles. The van der Waals surface area contributed by atoms with Gasteiger partial charge in [0.2, 0.25) is 0 Å². The zero-order valence-electron chi connectivity index (χ0n) is 17.1. The van der Waals surface area contributed by atoms with E-state index in [9.17, 15) is 9.59 Å². The number of carbonyl (C=O) groups excluding carboxylic acids is 2. The second-order valence-electron chi connectivity index (χ2n) is 6.69. The molecule has 0 aliphatic heterocycles. The van der Waals surface area contributed by atoms with Gasteiger partial charge in [-0.3, -0.25) is 9.59 Å². The van der Waals surface area contributed by atoms with Gasteiger partial charge in [-0.2, -0.15) is 5.10 Å². The zero-order valence-corrected chi connectivity index (χ0v) is 17.1. The van der Waals surface area contributed by atoms with Gasteiger partial charge in [0.1, 0.15) is 5.75 Å². The number of nitrogens with zero attached hydrogens (tertiary/aromatic N) is 2. The summed E-state index contributed by atoms with van der Waals surface area (Å²) in [5.41, 5.74) is 4.80. The minimum absolute atomic E-state index is 0.162. The highest BCUT2D eigenvalue weighted by Crippen LogP contribution is 2.13. The molecule has 0 fully saturated rings. The summed E-state index contributed by atoms with van der Waals surface area (Å²) >= 11 is 0. The van der Waals surface area contributed by atoms with E-state index in [0.29, 0.717) is 12.2 Å². The average Bonchev–Trinajstić information content (AvgIpc) is 2.73. The largest absolute Gasteiger partial charge is 0.494 e. The van der Waals surface area contributed by atoms with Crippen molar-refractivity contribution in [2.45, 2.75) is 19.8 Å². The quantitative estimate of drug-likeness (QED) is 0.368. The third kappa shape index (κ3) is 7.65. The SMILES string of the molecule is CCCCOc1ccc(C(=O)NCC(=O)NN=Cc2ccc(N(C)C)cc2)cc1. The standard InChI is InChI=1S/C22H28N4O3/c1-4-5-14-29-20-12-8-18(9-13-20)22(28)23-16-21(27)25-24-15-17-6-10-19(11-7-17)26(2)3/h6-13,15H,4-5,14,16H2,1-3H3,(H,23,28)(H,25,27). The van der Waals surface area contributed by atoms with Gasteiger partial charge < -0.3 is 15.0 Å². The summed E-state index contributed by atoms with van der Waals surface area (Å²) in [5.74, 6) is -0.0109. The maximum atomic E-state index is 12.1. The second-order valence-corrected chi connectivity index (χ2v) is 6.69. The van der Waals surface area contributed by atoms with Gasteiger partial charge >= 0.3 is 0 Å². The van der Waals surface area contributed by atoms with Crippen molar-refractivity contribution in [3.05, 3.63) is 59.7 Å². The minimum Gasteiger partial charge on any atom is -0.494 e. The number of carbonyl (C=O) groups is 2. The molecule has 2 aromatic carbocycles. The predicted molar refractivity (Wildman–Crippen MR) is 116 cm³/mol. The molecule has 7 heteroatoms. The van der Waals surface area contributed by atoms with Gasteiger partial charge in [-0.15, -0.1) is 0 Å². The molecule has 0 saturated heterocycles. The van der Waals surface area contributed by atoms with Crippen molar-refractivity contribution >= 4 is 23.7 Å². The lowest BCUT2D eigenvalue weighted by Crippen LogP contribution is -2.34. The van der Waals surface area contributed by atoms with Crippen molar-refractivity contribution in [3.63, 3.8) is 0 Å². The maximum Gasteiger partial charge on any atom is 0.259 e. The van der Waals surface area contributed by atoms with Crippen LogP contribution in [-0.4, -0.2) is 45.3 Å². The summed E-state index contributed by atoms with van der Waals surface area (Å²) in [6.07, 6.45) is 3.60. The molecule has 29 heavy (non-hydrogen) atoms. The lowest BCUT2D eigenvalue weighted by atomic mass is 10.2. The highest BCUT2D eigenvalue weighted by Gasteiger charge is 2.08. The van der Waals surface area contributed by atoms with Crippen molar-refractivity contribution in [3.8, 4) is 5.75 Å². The Kier molecular flexibility index (Phi) is 8.69. The predicted octanol–water partition coefficient (Wildman–Crippen LogP) is 2.81. The Bertz CT molecular complexity index is 815. The Labute approximate surface area is 171 Å². The molecule has 154 valence electrons. The number of hydrogen-bond donors (Lipinski definition) is 2. The Morgan fingerprint density at radius 1 is 1.07 bits per heavy atom. The molecule has 2 N–H and O–H groups in total. The fraction of sp³-hybridized carbons (Fsp3) is 0.318. The number of nitrogens with one attached hydrogen (secondary N) is 2. The van der Waals surface area contributed by atoms with E-state index in [4.69, 9.17) is 4.74 Å². The normalized spacial score (nSPS) is 10.6. The van der Waals surface area contributed by atoms with Crippen LogP contribution in [0.4, 0.5) is 5.69 Å². The summed E-state index contributed by atoms with van der Waals surface area (Å²) in [5, 5.41) is 6.48. The van der Waals surface area contributed by atoms with Crippen molar-refractivity contribution < 1.29 is 14.3 Å². The van der Waals surface area contributed by atoms with Gasteiger partial charge in [0, 0.05) is 25.3 Å². The molecule has 0 atom stereocenters. The molecule has 2 aromatic rings. The highest BCUT2D eigenvalue weighted by molar-refractivity contribution is 5.96. The molecule has 0 bridgehead atoms. The van der Waals surface area contributed by atoms with Crippen LogP contribution in [0.5, 0.6) is 5.75 Å². The first-order valence-corrected chi connectivity index (χ1v) is 9.60. The summed E-state index contributed by atoms with van der Waals surface area (Å²) in [7, 11) is 3.93. The first-order chi connectivity index (χ1) is 14.0. The molecule has 0 unspecified atom stereocenters. The maximum absolute atomic E-state index is 12.1. The Hall–Kier alpha value is -3.35. The third-order valence-electron chi connectivity index (χ3n) is 4.10. The fourth-order valence-corrected chi connectivity index (χ4v) is 2.38. The smallest absolute Gasteiger partial charge is 0.259 e. The van der Waals surface area contributed by atoms with E-state index in [-0.39, 0.29) is 12.5 Å². The molecule has 0 radical (unpaired) electrons. The lowest BCUT2D eigenvalue weighted by molar-refractivity contribution is -0.120. The molecule has 0 aliphatic rings. The van der Waals surface area contributed by atoms with Crippen LogP contribution >= 0.6 is 0 Å². The van der Waals surface area contributed by atoms with E-state index in [1.54, 1.807) is 30.5 Å². The highest BCUT2D eigenvalue weighted by atomic mass is 16.5. The van der Waals surface area contributed by atoms with E-state index in [0.717, 1.165) is 29.8 Å². The first-order valence-electron chi connectivity index (χ1n) is 9.60. The monoisotopic (exact) mass is 396 g/mol. The summed E-state index contributed by atoms with van der Waals surface area (Å²) in [6.45, 7) is 2.59. The Morgan fingerprint density at radius 3 is 2.38 bits per heavy atom. The van der Waals surface area contributed by atoms with Gasteiger partial charge in [0.15, 0.2) is 0 Å².